The summed E-state index contributed by atoms with van der Waals surface area (Å²) >= 11 is 0. The lowest BCUT2D eigenvalue weighted by molar-refractivity contribution is -0.897. The topological polar surface area (TPSA) is 61.5 Å². The summed E-state index contributed by atoms with van der Waals surface area (Å²) in [4.78, 5) is 26.1. The highest BCUT2D eigenvalue weighted by atomic mass is 16.5. The van der Waals surface area contributed by atoms with E-state index in [0.717, 1.165) is 26.2 Å². The third-order valence-corrected chi connectivity index (χ3v) is 4.72. The predicted octanol–water partition coefficient (Wildman–Crippen LogP) is -1.40. The number of nitrogens with one attached hydrogen (secondary N) is 2. The van der Waals surface area contributed by atoms with Crippen LogP contribution in [0.1, 0.15) is 44.9 Å². The lowest BCUT2D eigenvalue weighted by Crippen LogP contribution is -3.13. The quantitative estimate of drug-likeness (QED) is 0.425. The maximum absolute atomic E-state index is 11.7. The molecule has 0 atom stereocenters. The summed E-state index contributed by atoms with van der Waals surface area (Å²) in [6.45, 7) is 5.93. The molecule has 0 unspecified atom stereocenters. The highest BCUT2D eigenvalue weighted by molar-refractivity contribution is 5.70. The molecule has 0 aliphatic carbocycles. The van der Waals surface area contributed by atoms with Crippen molar-refractivity contribution in [2.75, 3.05) is 52.5 Å². The lowest BCUT2D eigenvalue weighted by atomic mass is 10.1. The van der Waals surface area contributed by atoms with Crippen molar-refractivity contribution in [1.82, 2.24) is 0 Å². The number of likely N-dealkylation sites (tertiary alicyclic amines) is 2. The zero-order valence-electron chi connectivity index (χ0n) is 14.2. The van der Waals surface area contributed by atoms with Gasteiger partial charge >= 0.3 is 11.9 Å². The molecule has 2 aliphatic rings. The second-order valence-electron chi connectivity index (χ2n) is 6.77. The van der Waals surface area contributed by atoms with Gasteiger partial charge in [-0.3, -0.25) is 0 Å². The number of ether oxygens (including phenoxy) is 2. The Morgan fingerprint density at radius 1 is 0.652 bits per heavy atom. The first-order chi connectivity index (χ1) is 11.2. The molecule has 0 radical (unpaired) electrons. The summed E-state index contributed by atoms with van der Waals surface area (Å²) < 4.78 is 10.4. The Bertz CT molecular complexity index is 330. The number of rotatable bonds is 8. The largest absolute Gasteiger partial charge is 0.461 e. The van der Waals surface area contributed by atoms with E-state index in [2.05, 4.69) is 0 Å². The van der Waals surface area contributed by atoms with Gasteiger partial charge < -0.3 is 19.3 Å². The highest BCUT2D eigenvalue weighted by Gasteiger charge is 2.19. The molecule has 2 N–H and O–H groups in total. The first-order valence-corrected chi connectivity index (χ1v) is 9.22. The first kappa shape index (κ1) is 18.2. The standard InChI is InChI=1S/C17H30N2O4/c20-16(14-18-8-3-1-4-9-18)22-12-7-13-23-17(21)15-19-10-5-2-6-11-19/h1-15H2/p+2. The summed E-state index contributed by atoms with van der Waals surface area (Å²) in [5.41, 5.74) is 0. The Hall–Kier alpha value is -1.14. The maximum atomic E-state index is 11.7. The van der Waals surface area contributed by atoms with Gasteiger partial charge in [0.1, 0.15) is 0 Å². The van der Waals surface area contributed by atoms with Crippen LogP contribution in [0.15, 0.2) is 0 Å². The SMILES string of the molecule is O=C(C[NH+]1CCCCC1)OCCCOC(=O)C[NH+]1CCCCC1. The van der Waals surface area contributed by atoms with E-state index < -0.39 is 0 Å². The van der Waals surface area contributed by atoms with Crippen molar-refractivity contribution in [3.8, 4) is 0 Å². The van der Waals surface area contributed by atoms with Crippen LogP contribution in [0.25, 0.3) is 0 Å². The van der Waals surface area contributed by atoms with E-state index in [1.54, 1.807) is 0 Å². The molecule has 0 spiro atoms. The summed E-state index contributed by atoms with van der Waals surface area (Å²) in [5, 5.41) is 0. The van der Waals surface area contributed by atoms with Gasteiger partial charge in [0.2, 0.25) is 0 Å². The maximum Gasteiger partial charge on any atom is 0.361 e. The van der Waals surface area contributed by atoms with Gasteiger partial charge in [0, 0.05) is 6.42 Å². The zero-order valence-corrected chi connectivity index (χ0v) is 14.2. The predicted molar refractivity (Wildman–Crippen MR) is 85.4 cm³/mol. The Morgan fingerprint density at radius 3 is 1.43 bits per heavy atom. The molecule has 0 aromatic carbocycles. The molecule has 0 aromatic rings. The second kappa shape index (κ2) is 10.6. The van der Waals surface area contributed by atoms with Crippen LogP contribution in [0.2, 0.25) is 0 Å². The summed E-state index contributed by atoms with van der Waals surface area (Å²) in [5.74, 6) is -0.267. The Morgan fingerprint density at radius 2 is 1.04 bits per heavy atom. The molecule has 2 rings (SSSR count). The van der Waals surface area contributed by atoms with Gasteiger partial charge in [-0.25, -0.2) is 9.59 Å². The van der Waals surface area contributed by atoms with Gasteiger partial charge in [-0.1, -0.05) is 0 Å². The Kier molecular flexibility index (Phi) is 8.39. The number of carbonyl (C=O) groups excluding carboxylic acids is 2. The highest BCUT2D eigenvalue weighted by Crippen LogP contribution is 1.95. The van der Waals surface area contributed by atoms with Gasteiger partial charge in [-0.05, 0) is 38.5 Å². The Balaban J connectivity index is 1.45. The third kappa shape index (κ3) is 7.79. The van der Waals surface area contributed by atoms with Crippen LogP contribution < -0.4 is 9.80 Å². The number of hydrogen-bond acceptors (Lipinski definition) is 4. The minimum absolute atomic E-state index is 0.133. The van der Waals surface area contributed by atoms with Crippen molar-refractivity contribution in [1.29, 1.82) is 0 Å². The zero-order chi connectivity index (χ0) is 16.3. The van der Waals surface area contributed by atoms with Crippen LogP contribution in [-0.4, -0.2) is 64.4 Å². The van der Waals surface area contributed by atoms with Crippen molar-refractivity contribution in [3.63, 3.8) is 0 Å². The van der Waals surface area contributed by atoms with Gasteiger partial charge in [-0.2, -0.15) is 0 Å². The van der Waals surface area contributed by atoms with E-state index in [0.29, 0.717) is 32.7 Å². The van der Waals surface area contributed by atoms with Gasteiger partial charge in [0.15, 0.2) is 13.1 Å². The smallest absolute Gasteiger partial charge is 0.361 e. The summed E-state index contributed by atoms with van der Waals surface area (Å²) in [6, 6.07) is 0. The van der Waals surface area contributed by atoms with E-state index in [-0.39, 0.29) is 11.9 Å². The van der Waals surface area contributed by atoms with Crippen molar-refractivity contribution >= 4 is 11.9 Å². The molecule has 0 saturated carbocycles. The van der Waals surface area contributed by atoms with Crippen LogP contribution in [0.3, 0.4) is 0 Å². The van der Waals surface area contributed by atoms with Crippen molar-refractivity contribution in [2.24, 2.45) is 0 Å². The number of esters is 2. The van der Waals surface area contributed by atoms with E-state index in [1.165, 1.54) is 48.3 Å². The van der Waals surface area contributed by atoms with Gasteiger partial charge in [0.05, 0.1) is 39.4 Å². The van der Waals surface area contributed by atoms with Crippen LogP contribution >= 0.6 is 0 Å². The fourth-order valence-corrected chi connectivity index (χ4v) is 3.40. The molecule has 132 valence electrons. The van der Waals surface area contributed by atoms with Crippen LogP contribution in [0.5, 0.6) is 0 Å². The molecule has 23 heavy (non-hydrogen) atoms. The minimum atomic E-state index is -0.133. The van der Waals surface area contributed by atoms with E-state index in [9.17, 15) is 9.59 Å². The average Bonchev–Trinajstić information content (AvgIpc) is 2.56. The van der Waals surface area contributed by atoms with Crippen LogP contribution in [0.4, 0.5) is 0 Å². The fraction of sp³-hybridized carbons (Fsp3) is 0.882. The van der Waals surface area contributed by atoms with Crippen LogP contribution in [-0.2, 0) is 19.1 Å². The fourth-order valence-electron chi connectivity index (χ4n) is 3.40. The average molecular weight is 328 g/mol. The number of piperidine rings is 2. The molecule has 2 saturated heterocycles. The molecule has 6 heteroatoms. The number of hydrogen-bond donors (Lipinski definition) is 2. The van der Waals surface area contributed by atoms with Gasteiger partial charge in [-0.15, -0.1) is 0 Å². The van der Waals surface area contributed by atoms with Crippen molar-refractivity contribution in [3.05, 3.63) is 0 Å². The molecule has 2 heterocycles. The summed E-state index contributed by atoms with van der Waals surface area (Å²) in [6.07, 6.45) is 7.97. The molecule has 2 aliphatic heterocycles. The molecular weight excluding hydrogens is 296 g/mol. The lowest BCUT2D eigenvalue weighted by Gasteiger charge is -2.22. The number of quaternary nitrogens is 2. The van der Waals surface area contributed by atoms with Crippen molar-refractivity contribution in [2.45, 2.75) is 44.9 Å². The first-order valence-electron chi connectivity index (χ1n) is 9.22. The number of carbonyl (C=O) groups is 2. The molecular formula is C17H32N2O4+2. The molecule has 0 bridgehead atoms. The minimum Gasteiger partial charge on any atom is -0.461 e. The molecule has 6 nitrogen and oxygen atoms in total. The van der Waals surface area contributed by atoms with Gasteiger partial charge in [0.25, 0.3) is 0 Å². The monoisotopic (exact) mass is 328 g/mol. The van der Waals surface area contributed by atoms with E-state index in [4.69, 9.17) is 9.47 Å². The summed E-state index contributed by atoms with van der Waals surface area (Å²) in [7, 11) is 0. The molecule has 0 aromatic heterocycles. The van der Waals surface area contributed by atoms with E-state index >= 15 is 0 Å². The van der Waals surface area contributed by atoms with Crippen molar-refractivity contribution < 1.29 is 28.9 Å². The normalized spacial score (nSPS) is 20.2. The molecule has 2 fully saturated rings. The molecule has 0 amide bonds. The third-order valence-electron chi connectivity index (χ3n) is 4.72. The Labute approximate surface area is 139 Å². The van der Waals surface area contributed by atoms with Crippen LogP contribution in [0, 0.1) is 0 Å². The second-order valence-corrected chi connectivity index (χ2v) is 6.77. The van der Waals surface area contributed by atoms with E-state index in [1.807, 2.05) is 0 Å².